The summed E-state index contributed by atoms with van der Waals surface area (Å²) in [6.45, 7) is 5.35. The van der Waals surface area contributed by atoms with Crippen molar-refractivity contribution in [1.29, 1.82) is 0 Å². The van der Waals surface area contributed by atoms with Gasteiger partial charge in [-0.3, -0.25) is 10.1 Å². The lowest BCUT2D eigenvalue weighted by Gasteiger charge is -2.15. The zero-order chi connectivity index (χ0) is 14.7. The second kappa shape index (κ2) is 5.96. The summed E-state index contributed by atoms with van der Waals surface area (Å²) in [5, 5.41) is 6.66. The predicted octanol–water partition coefficient (Wildman–Crippen LogP) is 3.35. The quantitative estimate of drug-likeness (QED) is 0.939. The van der Waals surface area contributed by atoms with Crippen LogP contribution in [0.2, 0.25) is 5.02 Å². The van der Waals surface area contributed by atoms with Gasteiger partial charge in [-0.25, -0.2) is 0 Å². The van der Waals surface area contributed by atoms with Crippen molar-refractivity contribution in [1.82, 2.24) is 5.16 Å². The number of anilines is 1. The highest BCUT2D eigenvalue weighted by Crippen LogP contribution is 2.26. The Bertz CT molecular complexity index is 625. The molecule has 1 aromatic carbocycles. The van der Waals surface area contributed by atoms with E-state index in [1.807, 2.05) is 13.0 Å². The number of ether oxygens (including phenoxy) is 1. The average Bonchev–Trinajstić information content (AvgIpc) is 2.79. The van der Waals surface area contributed by atoms with E-state index in [2.05, 4.69) is 10.5 Å². The monoisotopic (exact) mass is 294 g/mol. The number of benzene rings is 1. The summed E-state index contributed by atoms with van der Waals surface area (Å²) in [6.07, 6.45) is 0.817. The van der Waals surface area contributed by atoms with Crippen LogP contribution in [0.4, 0.5) is 5.88 Å². The second-order valence-corrected chi connectivity index (χ2v) is 4.93. The van der Waals surface area contributed by atoms with Gasteiger partial charge in [-0.1, -0.05) is 22.8 Å². The molecule has 1 heterocycles. The number of hydrogen-bond acceptors (Lipinski definition) is 4. The highest BCUT2D eigenvalue weighted by molar-refractivity contribution is 6.32. The number of aryl methyl sites for hydroxylation is 2. The molecule has 1 N–H and O–H groups in total. The molecule has 2 aromatic rings. The van der Waals surface area contributed by atoms with E-state index >= 15 is 0 Å². The minimum Gasteiger partial charge on any atom is -0.479 e. The van der Waals surface area contributed by atoms with Gasteiger partial charge in [0.05, 0.1) is 11.2 Å². The van der Waals surface area contributed by atoms with Gasteiger partial charge in [-0.05, 0) is 38.5 Å². The van der Waals surface area contributed by atoms with Gasteiger partial charge in [0.1, 0.15) is 5.75 Å². The van der Waals surface area contributed by atoms with Crippen molar-refractivity contribution in [3.63, 3.8) is 0 Å². The molecule has 1 amide bonds. The first-order chi connectivity index (χ1) is 9.47. The summed E-state index contributed by atoms with van der Waals surface area (Å²) in [5.41, 5.74) is 1.75. The molecular formula is C14H15ClN2O3. The van der Waals surface area contributed by atoms with Gasteiger partial charge in [0.15, 0.2) is 6.10 Å². The van der Waals surface area contributed by atoms with Crippen molar-refractivity contribution in [2.45, 2.75) is 26.9 Å². The minimum absolute atomic E-state index is 0.320. The smallest absolute Gasteiger partial charge is 0.267 e. The number of carbonyl (C=O) groups excluding carboxylic acids is 1. The zero-order valence-electron chi connectivity index (χ0n) is 11.4. The normalized spacial score (nSPS) is 12.0. The standard InChI is InChI=1S/C14H15ClN2O3/c1-8-4-5-11(15)12(6-8)19-10(3)13(18)17-14-9(2)7-16-20-14/h4-7,10H,1-3H3,(H,17,18)/t10-/m0/s1. The molecule has 20 heavy (non-hydrogen) atoms. The average molecular weight is 295 g/mol. The van der Waals surface area contributed by atoms with Gasteiger partial charge in [0, 0.05) is 5.56 Å². The number of aromatic nitrogens is 1. The largest absolute Gasteiger partial charge is 0.479 e. The summed E-state index contributed by atoms with van der Waals surface area (Å²) in [7, 11) is 0. The minimum atomic E-state index is -0.709. The first kappa shape index (κ1) is 14.4. The number of nitrogens with one attached hydrogen (secondary N) is 1. The van der Waals surface area contributed by atoms with E-state index in [9.17, 15) is 4.79 Å². The Morgan fingerprint density at radius 3 is 2.85 bits per heavy atom. The summed E-state index contributed by atoms with van der Waals surface area (Å²) < 4.78 is 10.5. The van der Waals surface area contributed by atoms with Gasteiger partial charge in [0.2, 0.25) is 5.88 Å². The fraction of sp³-hybridized carbons (Fsp3) is 0.286. The zero-order valence-corrected chi connectivity index (χ0v) is 12.2. The third kappa shape index (κ3) is 3.30. The fourth-order valence-corrected chi connectivity index (χ4v) is 1.73. The van der Waals surface area contributed by atoms with Crippen molar-refractivity contribution >= 4 is 23.4 Å². The van der Waals surface area contributed by atoms with Crippen molar-refractivity contribution in [2.24, 2.45) is 0 Å². The SMILES string of the molecule is Cc1ccc(Cl)c(O[C@@H](C)C(=O)Nc2oncc2C)c1. The molecule has 0 saturated heterocycles. The molecule has 2 rings (SSSR count). The number of amides is 1. The van der Waals surface area contributed by atoms with Crippen molar-refractivity contribution in [3.8, 4) is 5.75 Å². The van der Waals surface area contributed by atoms with E-state index < -0.39 is 6.10 Å². The molecule has 1 atom stereocenters. The van der Waals surface area contributed by atoms with Gasteiger partial charge < -0.3 is 9.26 Å². The lowest BCUT2D eigenvalue weighted by atomic mass is 10.2. The van der Waals surface area contributed by atoms with Crippen LogP contribution in [0, 0.1) is 13.8 Å². The van der Waals surface area contributed by atoms with E-state index in [0.717, 1.165) is 11.1 Å². The first-order valence-electron chi connectivity index (χ1n) is 6.12. The van der Waals surface area contributed by atoms with E-state index in [1.54, 1.807) is 26.0 Å². The van der Waals surface area contributed by atoms with Gasteiger partial charge in [-0.15, -0.1) is 0 Å². The molecular weight excluding hydrogens is 280 g/mol. The van der Waals surface area contributed by atoms with E-state index in [0.29, 0.717) is 16.7 Å². The maximum Gasteiger partial charge on any atom is 0.267 e. The Labute approximate surface area is 121 Å². The predicted molar refractivity (Wildman–Crippen MR) is 76.1 cm³/mol. The molecule has 0 radical (unpaired) electrons. The van der Waals surface area contributed by atoms with Gasteiger partial charge >= 0.3 is 0 Å². The van der Waals surface area contributed by atoms with E-state index in [-0.39, 0.29) is 5.91 Å². The van der Waals surface area contributed by atoms with Crippen LogP contribution in [0.25, 0.3) is 0 Å². The van der Waals surface area contributed by atoms with Crippen molar-refractivity contribution in [2.75, 3.05) is 5.32 Å². The number of carbonyl (C=O) groups is 1. The molecule has 0 unspecified atom stereocenters. The van der Waals surface area contributed by atoms with Crippen LogP contribution in [0.1, 0.15) is 18.1 Å². The van der Waals surface area contributed by atoms with Crippen molar-refractivity contribution in [3.05, 3.63) is 40.5 Å². The number of rotatable bonds is 4. The molecule has 5 nitrogen and oxygen atoms in total. The topological polar surface area (TPSA) is 64.4 Å². The Kier molecular flexibility index (Phi) is 4.29. The second-order valence-electron chi connectivity index (χ2n) is 4.52. The van der Waals surface area contributed by atoms with Crippen LogP contribution in [0.15, 0.2) is 28.9 Å². The number of halogens is 1. The maximum absolute atomic E-state index is 12.0. The highest BCUT2D eigenvalue weighted by atomic mass is 35.5. The van der Waals surface area contributed by atoms with E-state index in [4.69, 9.17) is 20.9 Å². The summed E-state index contributed by atoms with van der Waals surface area (Å²) >= 11 is 6.03. The molecule has 1 aromatic heterocycles. The van der Waals surface area contributed by atoms with Crippen LogP contribution in [0.3, 0.4) is 0 Å². The van der Waals surface area contributed by atoms with Crippen molar-refractivity contribution < 1.29 is 14.1 Å². The Morgan fingerprint density at radius 2 is 2.20 bits per heavy atom. The summed E-state index contributed by atoms with van der Waals surface area (Å²) in [6, 6.07) is 5.39. The molecule has 6 heteroatoms. The molecule has 106 valence electrons. The van der Waals surface area contributed by atoms with Gasteiger partial charge in [0.25, 0.3) is 5.91 Å². The summed E-state index contributed by atoms with van der Waals surface area (Å²) in [5.74, 6) is 0.465. The van der Waals surface area contributed by atoms with Crippen LogP contribution >= 0.6 is 11.6 Å². The van der Waals surface area contributed by atoms with Crippen LogP contribution in [0.5, 0.6) is 5.75 Å². The number of nitrogens with zero attached hydrogens (tertiary/aromatic N) is 1. The van der Waals surface area contributed by atoms with E-state index in [1.165, 1.54) is 6.20 Å². The third-order valence-electron chi connectivity index (χ3n) is 2.74. The van der Waals surface area contributed by atoms with Crippen LogP contribution in [-0.2, 0) is 4.79 Å². The fourth-order valence-electron chi connectivity index (χ4n) is 1.57. The molecule has 0 bridgehead atoms. The molecule has 0 saturated carbocycles. The molecule has 0 aliphatic carbocycles. The highest BCUT2D eigenvalue weighted by Gasteiger charge is 2.18. The van der Waals surface area contributed by atoms with Gasteiger partial charge in [-0.2, -0.15) is 0 Å². The third-order valence-corrected chi connectivity index (χ3v) is 3.06. The maximum atomic E-state index is 12.0. The summed E-state index contributed by atoms with van der Waals surface area (Å²) in [4.78, 5) is 12.0. The Morgan fingerprint density at radius 1 is 1.45 bits per heavy atom. The number of hydrogen-bond donors (Lipinski definition) is 1. The Balaban J connectivity index is 2.04. The Hall–Kier alpha value is -2.01. The molecule has 0 aliphatic heterocycles. The molecule has 0 spiro atoms. The lowest BCUT2D eigenvalue weighted by Crippen LogP contribution is -2.30. The lowest BCUT2D eigenvalue weighted by molar-refractivity contribution is -0.122. The molecule has 0 fully saturated rings. The van der Waals surface area contributed by atoms with Crippen LogP contribution < -0.4 is 10.1 Å². The first-order valence-corrected chi connectivity index (χ1v) is 6.50. The molecule has 0 aliphatic rings. The van der Waals surface area contributed by atoms with Crippen LogP contribution in [-0.4, -0.2) is 17.2 Å².